The van der Waals surface area contributed by atoms with Crippen LogP contribution in [0.3, 0.4) is 0 Å². The van der Waals surface area contributed by atoms with Gasteiger partial charge in [0.2, 0.25) is 0 Å². The Morgan fingerprint density at radius 1 is 0.556 bits per heavy atom. The first-order valence-corrected chi connectivity index (χ1v) is 14.3. The molecule has 0 saturated carbocycles. The summed E-state index contributed by atoms with van der Waals surface area (Å²) in [7, 11) is 4.33. The highest BCUT2D eigenvalue weighted by atomic mass is 16.5. The molecule has 0 radical (unpaired) electrons. The van der Waals surface area contributed by atoms with Gasteiger partial charge in [-0.3, -0.25) is 19.4 Å². The van der Waals surface area contributed by atoms with Gasteiger partial charge in [-0.05, 0) is 82.3 Å². The van der Waals surface area contributed by atoms with Gasteiger partial charge in [-0.2, -0.15) is 0 Å². The highest BCUT2D eigenvalue weighted by Crippen LogP contribution is 2.39. The molecule has 6 nitrogen and oxygen atoms in total. The van der Waals surface area contributed by atoms with E-state index in [0.717, 1.165) is 64.2 Å². The first-order chi connectivity index (χ1) is 16.5. The molecule has 0 aromatic heterocycles. The third kappa shape index (κ3) is 8.72. The molecule has 2 aliphatic heterocycles. The van der Waals surface area contributed by atoms with Crippen LogP contribution < -0.4 is 0 Å². The van der Waals surface area contributed by atoms with Crippen molar-refractivity contribution in [2.45, 2.75) is 167 Å². The van der Waals surface area contributed by atoms with Crippen LogP contribution in [0.1, 0.15) is 132 Å². The minimum absolute atomic E-state index is 0.00474. The van der Waals surface area contributed by atoms with Crippen molar-refractivity contribution >= 4 is 11.9 Å². The molecule has 0 aliphatic carbocycles. The number of likely N-dealkylation sites (tertiary alicyclic amines) is 2. The Kier molecular flexibility index (Phi) is 10.5. The summed E-state index contributed by atoms with van der Waals surface area (Å²) >= 11 is 0. The molecule has 2 aliphatic rings. The van der Waals surface area contributed by atoms with E-state index in [1.807, 2.05) is 0 Å². The molecule has 2 fully saturated rings. The van der Waals surface area contributed by atoms with Gasteiger partial charge in [0, 0.05) is 60.7 Å². The van der Waals surface area contributed by atoms with Gasteiger partial charge in [-0.1, -0.05) is 25.7 Å². The molecule has 36 heavy (non-hydrogen) atoms. The monoisotopic (exact) mass is 508 g/mol. The summed E-state index contributed by atoms with van der Waals surface area (Å²) in [5, 5.41) is 0. The Bertz CT molecular complexity index is 645. The molecule has 2 rings (SSSR count). The predicted molar refractivity (Wildman–Crippen MR) is 147 cm³/mol. The lowest BCUT2D eigenvalue weighted by Gasteiger charge is -2.53. The molecule has 6 heteroatoms. The number of rotatable bonds is 11. The second-order valence-electron chi connectivity index (χ2n) is 14.0. The first kappa shape index (κ1) is 31.1. The van der Waals surface area contributed by atoms with Crippen LogP contribution >= 0.6 is 0 Å². The molecule has 0 unspecified atom stereocenters. The van der Waals surface area contributed by atoms with E-state index in [1.165, 1.54) is 0 Å². The minimum atomic E-state index is -0.0563. The number of esters is 2. The fourth-order valence-electron chi connectivity index (χ4n) is 6.46. The van der Waals surface area contributed by atoms with E-state index in [4.69, 9.17) is 9.47 Å². The molecule has 0 aromatic carbocycles. The van der Waals surface area contributed by atoms with Gasteiger partial charge in [0.15, 0.2) is 0 Å². The number of ether oxygens (including phenoxy) is 2. The van der Waals surface area contributed by atoms with E-state index in [2.05, 4.69) is 79.3 Å². The highest BCUT2D eigenvalue weighted by molar-refractivity contribution is 5.69. The molecule has 0 aromatic rings. The van der Waals surface area contributed by atoms with Crippen LogP contribution in [-0.4, -0.2) is 70.2 Å². The summed E-state index contributed by atoms with van der Waals surface area (Å²) in [5.41, 5.74) is 0.109. The standard InChI is InChI=1S/C30H56N2O4/c1-27(2)19-23(20-28(3,4)31(27)9)35-25(33)17-15-13-11-12-14-16-18-26(34)36-24-21-29(5,6)32(10)30(7,8)22-24/h23-24H,11-22H2,1-10H3. The van der Waals surface area contributed by atoms with Crippen molar-refractivity contribution in [3.05, 3.63) is 0 Å². The van der Waals surface area contributed by atoms with Crippen molar-refractivity contribution in [2.75, 3.05) is 14.1 Å². The summed E-state index contributed by atoms with van der Waals surface area (Å²) in [6.45, 7) is 17.8. The Morgan fingerprint density at radius 2 is 0.806 bits per heavy atom. The zero-order chi connectivity index (χ0) is 27.4. The van der Waals surface area contributed by atoms with E-state index in [0.29, 0.717) is 12.8 Å². The summed E-state index contributed by atoms with van der Waals surface area (Å²) in [4.78, 5) is 29.6. The van der Waals surface area contributed by atoms with Crippen LogP contribution in [0.5, 0.6) is 0 Å². The Balaban J connectivity index is 1.54. The lowest BCUT2D eigenvalue weighted by atomic mass is 9.78. The van der Waals surface area contributed by atoms with Crippen LogP contribution in [0, 0.1) is 0 Å². The maximum Gasteiger partial charge on any atom is 0.306 e. The fourth-order valence-corrected chi connectivity index (χ4v) is 6.46. The van der Waals surface area contributed by atoms with Crippen molar-refractivity contribution < 1.29 is 19.1 Å². The largest absolute Gasteiger partial charge is 0.462 e. The Labute approximate surface area is 221 Å². The maximum absolute atomic E-state index is 12.4. The quantitative estimate of drug-likeness (QED) is 0.235. The molecular formula is C30H56N2O4. The van der Waals surface area contributed by atoms with Gasteiger partial charge in [0.05, 0.1) is 0 Å². The number of unbranched alkanes of at least 4 members (excludes halogenated alkanes) is 5. The SMILES string of the molecule is CN1C(C)(C)CC(OC(=O)CCCCCCCCC(=O)OC2CC(C)(C)N(C)C(C)(C)C2)CC1(C)C. The molecule has 2 saturated heterocycles. The zero-order valence-corrected chi connectivity index (χ0v) is 25.2. The van der Waals surface area contributed by atoms with E-state index in [-0.39, 0.29) is 46.3 Å². The topological polar surface area (TPSA) is 59.1 Å². The van der Waals surface area contributed by atoms with Crippen LogP contribution in [-0.2, 0) is 19.1 Å². The number of hydrogen-bond donors (Lipinski definition) is 0. The first-order valence-electron chi connectivity index (χ1n) is 14.3. The van der Waals surface area contributed by atoms with Gasteiger partial charge in [0.1, 0.15) is 12.2 Å². The predicted octanol–water partition coefficient (Wildman–Crippen LogP) is 6.50. The molecule has 0 N–H and O–H groups in total. The minimum Gasteiger partial charge on any atom is -0.462 e. The van der Waals surface area contributed by atoms with Crippen LogP contribution in [0.25, 0.3) is 0 Å². The van der Waals surface area contributed by atoms with Gasteiger partial charge in [-0.15, -0.1) is 0 Å². The lowest BCUT2D eigenvalue weighted by Crippen LogP contribution is -2.60. The van der Waals surface area contributed by atoms with Crippen molar-refractivity contribution in [1.82, 2.24) is 9.80 Å². The summed E-state index contributed by atoms with van der Waals surface area (Å²) in [5.74, 6) is -0.113. The number of hydrogen-bond acceptors (Lipinski definition) is 6. The van der Waals surface area contributed by atoms with E-state index < -0.39 is 0 Å². The number of nitrogens with zero attached hydrogens (tertiary/aromatic N) is 2. The second kappa shape index (κ2) is 12.1. The number of piperidine rings is 2. The zero-order valence-electron chi connectivity index (χ0n) is 25.2. The van der Waals surface area contributed by atoms with E-state index >= 15 is 0 Å². The van der Waals surface area contributed by atoms with Crippen molar-refractivity contribution in [1.29, 1.82) is 0 Å². The molecule has 0 amide bonds. The van der Waals surface area contributed by atoms with Crippen molar-refractivity contribution in [3.63, 3.8) is 0 Å². The van der Waals surface area contributed by atoms with Crippen molar-refractivity contribution in [3.8, 4) is 0 Å². The van der Waals surface area contributed by atoms with Crippen LogP contribution in [0.4, 0.5) is 0 Å². The second-order valence-corrected chi connectivity index (χ2v) is 14.0. The van der Waals surface area contributed by atoms with Crippen LogP contribution in [0.15, 0.2) is 0 Å². The van der Waals surface area contributed by atoms with Gasteiger partial charge >= 0.3 is 11.9 Å². The molecule has 0 atom stereocenters. The summed E-state index contributed by atoms with van der Waals surface area (Å²) in [6.07, 6.45) is 10.5. The Morgan fingerprint density at radius 3 is 1.08 bits per heavy atom. The number of carbonyl (C=O) groups is 2. The highest BCUT2D eigenvalue weighted by Gasteiger charge is 2.45. The normalized spacial score (nSPS) is 24.4. The molecular weight excluding hydrogens is 452 g/mol. The molecule has 0 spiro atoms. The Hall–Kier alpha value is -1.14. The average molecular weight is 509 g/mol. The van der Waals surface area contributed by atoms with Crippen LogP contribution in [0.2, 0.25) is 0 Å². The summed E-state index contributed by atoms with van der Waals surface area (Å²) in [6, 6.07) is 0. The molecule has 0 bridgehead atoms. The van der Waals surface area contributed by atoms with Crippen molar-refractivity contribution in [2.24, 2.45) is 0 Å². The van der Waals surface area contributed by atoms with E-state index in [1.54, 1.807) is 0 Å². The average Bonchev–Trinajstić information content (AvgIpc) is 2.71. The smallest absolute Gasteiger partial charge is 0.306 e. The summed E-state index contributed by atoms with van der Waals surface area (Å²) < 4.78 is 11.7. The lowest BCUT2D eigenvalue weighted by molar-refractivity contribution is -0.160. The third-order valence-corrected chi connectivity index (χ3v) is 9.15. The van der Waals surface area contributed by atoms with Gasteiger partial charge in [-0.25, -0.2) is 0 Å². The van der Waals surface area contributed by atoms with Gasteiger partial charge in [0.25, 0.3) is 0 Å². The third-order valence-electron chi connectivity index (χ3n) is 9.15. The fraction of sp³-hybridized carbons (Fsp3) is 0.933. The van der Waals surface area contributed by atoms with Gasteiger partial charge < -0.3 is 9.47 Å². The number of carbonyl (C=O) groups excluding carboxylic acids is 2. The molecule has 2 heterocycles. The van der Waals surface area contributed by atoms with E-state index in [9.17, 15) is 9.59 Å². The molecule has 210 valence electrons. The maximum atomic E-state index is 12.4.